The average Bonchev–Trinajstić information content (AvgIpc) is 3.96. The first-order valence-corrected chi connectivity index (χ1v) is 23.8. The van der Waals surface area contributed by atoms with E-state index < -0.39 is 0 Å². The van der Waals surface area contributed by atoms with Gasteiger partial charge in [0.25, 0.3) is 0 Å². The average molecular weight is 891 g/mol. The van der Waals surface area contributed by atoms with Crippen molar-refractivity contribution in [3.8, 4) is 51.0 Å². The number of nitrogens with zero attached hydrogens (tertiary/aromatic N) is 4. The lowest BCUT2D eigenvalue weighted by Crippen LogP contribution is -2.02. The zero-order valence-corrected chi connectivity index (χ0v) is 37.6. The van der Waals surface area contributed by atoms with Crippen LogP contribution in [0.2, 0.25) is 0 Å². The van der Waals surface area contributed by atoms with Crippen LogP contribution >= 0.6 is 0 Å². The second kappa shape index (κ2) is 15.0. The van der Waals surface area contributed by atoms with Gasteiger partial charge in [0.15, 0.2) is 17.5 Å². The zero-order chi connectivity index (χ0) is 45.9. The van der Waals surface area contributed by atoms with Crippen LogP contribution in [0.3, 0.4) is 0 Å². The number of furan rings is 1. The standard InChI is InChI=1S/C65H38N4O/c1-2-16-39(17-3-1)63-66-64(68-65(67-63)52-29-14-27-50-47-23-9-8-22-45(47)46-24-10-11-26-49(46)61(50)52)44-32-33-57(69-56-30-13-12-25-48(56)53-34-40-18-4-6-20-42(40)37-58(53)69)54(36-44)51-28-15-31-59-62(51)55-35-41-19-5-7-21-43(41)38-60(55)70-59/h1-38H. The molecule has 0 radical (unpaired) electrons. The minimum atomic E-state index is 0.585. The fraction of sp³-hybridized carbons (Fsp3) is 0. The summed E-state index contributed by atoms with van der Waals surface area (Å²) in [7, 11) is 0. The fourth-order valence-electron chi connectivity index (χ4n) is 11.2. The molecular formula is C65H38N4O. The lowest BCUT2D eigenvalue weighted by molar-refractivity contribution is 0.669. The maximum absolute atomic E-state index is 6.74. The Bertz CT molecular complexity index is 4620. The highest BCUT2D eigenvalue weighted by Gasteiger charge is 2.23. The van der Waals surface area contributed by atoms with Crippen molar-refractivity contribution < 1.29 is 4.42 Å². The third-order valence-electron chi connectivity index (χ3n) is 14.4. The Hall–Kier alpha value is -9.45. The SMILES string of the molecule is c1ccc(-c2nc(-c3ccc(-n4c5ccccc5c5cc6ccccc6cc54)c(-c4cccc5oc6cc7ccccc7cc6c45)c3)nc(-c3cccc4c5ccccc5c5ccccc5c34)n2)cc1. The summed E-state index contributed by atoms with van der Waals surface area (Å²) in [4.78, 5) is 16.2. The van der Waals surface area contributed by atoms with E-state index in [1.807, 2.05) is 18.2 Å². The van der Waals surface area contributed by atoms with Crippen molar-refractivity contribution in [1.82, 2.24) is 19.5 Å². The summed E-state index contributed by atoms with van der Waals surface area (Å²) >= 11 is 0. The topological polar surface area (TPSA) is 56.7 Å². The molecule has 0 bridgehead atoms. The number of hydrogen-bond acceptors (Lipinski definition) is 4. The zero-order valence-electron chi connectivity index (χ0n) is 37.6. The van der Waals surface area contributed by atoms with E-state index in [2.05, 4.69) is 217 Å². The van der Waals surface area contributed by atoms with Crippen LogP contribution in [0, 0.1) is 0 Å². The molecule has 0 aliphatic carbocycles. The quantitative estimate of drug-likeness (QED) is 0.162. The van der Waals surface area contributed by atoms with E-state index in [4.69, 9.17) is 19.4 Å². The van der Waals surface area contributed by atoms with E-state index in [9.17, 15) is 0 Å². The predicted octanol–water partition coefficient (Wildman–Crippen LogP) is 17.3. The van der Waals surface area contributed by atoms with Gasteiger partial charge in [-0.3, -0.25) is 0 Å². The summed E-state index contributed by atoms with van der Waals surface area (Å²) in [6, 6.07) is 82.3. The molecule has 324 valence electrons. The molecule has 0 fully saturated rings. The molecule has 5 nitrogen and oxygen atoms in total. The Morgan fingerprint density at radius 3 is 1.57 bits per heavy atom. The Balaban J connectivity index is 1.04. The highest BCUT2D eigenvalue weighted by Crippen LogP contribution is 2.45. The molecule has 5 heteroatoms. The highest BCUT2D eigenvalue weighted by atomic mass is 16.3. The van der Waals surface area contributed by atoms with Crippen molar-refractivity contribution in [2.45, 2.75) is 0 Å². The molecule has 0 saturated heterocycles. The van der Waals surface area contributed by atoms with Crippen molar-refractivity contribution in [3.05, 3.63) is 231 Å². The first-order chi connectivity index (χ1) is 34.7. The third kappa shape index (κ3) is 5.82. The number of benzene rings is 12. The van der Waals surface area contributed by atoms with Gasteiger partial charge in [0.2, 0.25) is 0 Å². The lowest BCUT2D eigenvalue weighted by atomic mass is 9.91. The van der Waals surface area contributed by atoms with Crippen molar-refractivity contribution >= 4 is 97.6 Å². The molecule has 0 aliphatic rings. The summed E-state index contributed by atoms with van der Waals surface area (Å²) in [6.45, 7) is 0. The van der Waals surface area contributed by atoms with Crippen LogP contribution in [0.1, 0.15) is 0 Å². The largest absolute Gasteiger partial charge is 0.456 e. The number of aromatic nitrogens is 4. The van der Waals surface area contributed by atoms with Gasteiger partial charge < -0.3 is 8.98 Å². The number of para-hydroxylation sites is 1. The van der Waals surface area contributed by atoms with Crippen LogP contribution < -0.4 is 0 Å². The van der Waals surface area contributed by atoms with E-state index >= 15 is 0 Å². The third-order valence-corrected chi connectivity index (χ3v) is 14.4. The van der Waals surface area contributed by atoms with Gasteiger partial charge in [-0.15, -0.1) is 0 Å². The van der Waals surface area contributed by atoms with Crippen LogP contribution in [0.15, 0.2) is 235 Å². The maximum Gasteiger partial charge on any atom is 0.164 e. The van der Waals surface area contributed by atoms with Gasteiger partial charge in [0.1, 0.15) is 11.2 Å². The van der Waals surface area contributed by atoms with Gasteiger partial charge in [-0.1, -0.05) is 176 Å². The molecule has 0 N–H and O–H groups in total. The van der Waals surface area contributed by atoms with Crippen LogP contribution in [0.25, 0.3) is 149 Å². The maximum atomic E-state index is 6.74. The van der Waals surface area contributed by atoms with Crippen LogP contribution in [0.4, 0.5) is 0 Å². The Morgan fingerprint density at radius 1 is 0.286 bits per heavy atom. The normalized spacial score (nSPS) is 12.0. The van der Waals surface area contributed by atoms with Crippen LogP contribution in [-0.2, 0) is 0 Å². The van der Waals surface area contributed by atoms with E-state index in [0.717, 1.165) is 93.4 Å². The van der Waals surface area contributed by atoms with E-state index in [-0.39, 0.29) is 0 Å². The van der Waals surface area contributed by atoms with E-state index in [1.165, 1.54) is 37.7 Å². The van der Waals surface area contributed by atoms with Crippen LogP contribution in [0.5, 0.6) is 0 Å². The fourth-order valence-corrected chi connectivity index (χ4v) is 11.2. The number of rotatable bonds is 5. The van der Waals surface area contributed by atoms with Crippen molar-refractivity contribution in [1.29, 1.82) is 0 Å². The molecule has 0 unspecified atom stereocenters. The van der Waals surface area contributed by atoms with Crippen molar-refractivity contribution in [3.63, 3.8) is 0 Å². The molecule has 0 spiro atoms. The van der Waals surface area contributed by atoms with Crippen molar-refractivity contribution in [2.75, 3.05) is 0 Å². The summed E-state index contributed by atoms with van der Waals surface area (Å²) in [5.74, 6) is 1.81. The first kappa shape index (κ1) is 38.6. The van der Waals surface area contributed by atoms with Gasteiger partial charge in [0.05, 0.1) is 16.7 Å². The Kier molecular flexibility index (Phi) is 8.29. The summed E-state index contributed by atoms with van der Waals surface area (Å²) in [5.41, 5.74) is 9.81. The molecule has 70 heavy (non-hydrogen) atoms. The molecule has 0 aliphatic heterocycles. The molecule has 0 atom stereocenters. The second-order valence-corrected chi connectivity index (χ2v) is 18.3. The van der Waals surface area contributed by atoms with E-state index in [1.54, 1.807) is 0 Å². The van der Waals surface area contributed by atoms with Gasteiger partial charge in [-0.05, 0) is 109 Å². The van der Waals surface area contributed by atoms with E-state index in [0.29, 0.717) is 17.5 Å². The minimum absolute atomic E-state index is 0.585. The molecule has 12 aromatic carbocycles. The summed E-state index contributed by atoms with van der Waals surface area (Å²) in [5, 5.41) is 16.3. The van der Waals surface area contributed by atoms with Crippen molar-refractivity contribution in [2.24, 2.45) is 0 Å². The Morgan fingerprint density at radius 2 is 0.829 bits per heavy atom. The molecule has 0 saturated carbocycles. The predicted molar refractivity (Wildman–Crippen MR) is 291 cm³/mol. The van der Waals surface area contributed by atoms with Gasteiger partial charge in [-0.2, -0.15) is 0 Å². The molecule has 3 heterocycles. The molecule has 15 aromatic rings. The number of hydrogen-bond donors (Lipinski definition) is 0. The number of fused-ring (bicyclic) bond motifs is 14. The highest BCUT2D eigenvalue weighted by molar-refractivity contribution is 6.28. The minimum Gasteiger partial charge on any atom is -0.456 e. The van der Waals surface area contributed by atoms with Gasteiger partial charge >= 0.3 is 0 Å². The van der Waals surface area contributed by atoms with Gasteiger partial charge in [0, 0.05) is 49.2 Å². The summed E-state index contributed by atoms with van der Waals surface area (Å²) in [6.07, 6.45) is 0. The van der Waals surface area contributed by atoms with Crippen LogP contribution in [-0.4, -0.2) is 19.5 Å². The molecule has 3 aromatic heterocycles. The first-order valence-electron chi connectivity index (χ1n) is 23.8. The molecule has 0 amide bonds. The molecule has 15 rings (SSSR count). The second-order valence-electron chi connectivity index (χ2n) is 18.3. The summed E-state index contributed by atoms with van der Waals surface area (Å²) < 4.78 is 9.18. The smallest absolute Gasteiger partial charge is 0.164 e. The Labute approximate surface area is 401 Å². The van der Waals surface area contributed by atoms with Gasteiger partial charge in [-0.25, -0.2) is 15.0 Å². The lowest BCUT2D eigenvalue weighted by Gasteiger charge is -2.17. The molecular weight excluding hydrogens is 853 g/mol. The monoisotopic (exact) mass is 890 g/mol.